The molecule has 0 saturated heterocycles. The average molecular weight is 452 g/mol. The second-order valence-corrected chi connectivity index (χ2v) is 8.25. The van der Waals surface area contributed by atoms with Gasteiger partial charge in [0.15, 0.2) is 11.6 Å². The summed E-state index contributed by atoms with van der Waals surface area (Å²) in [6.45, 7) is 7.88. The van der Waals surface area contributed by atoms with Crippen LogP contribution in [0.3, 0.4) is 0 Å². The molecule has 0 spiro atoms. The lowest BCUT2D eigenvalue weighted by molar-refractivity contribution is 0.258. The fourth-order valence-electron chi connectivity index (χ4n) is 3.91. The summed E-state index contributed by atoms with van der Waals surface area (Å²) in [6.07, 6.45) is 2.26. The summed E-state index contributed by atoms with van der Waals surface area (Å²) in [7, 11) is 0. The molecule has 2 heterocycles. The number of hydrogen-bond acceptors (Lipinski definition) is 4. The van der Waals surface area contributed by atoms with Crippen molar-refractivity contribution < 1.29 is 0 Å². The van der Waals surface area contributed by atoms with E-state index in [2.05, 4.69) is 91.9 Å². The van der Waals surface area contributed by atoms with E-state index in [4.69, 9.17) is 4.99 Å². The van der Waals surface area contributed by atoms with Crippen LogP contribution in [0.15, 0.2) is 58.0 Å². The van der Waals surface area contributed by atoms with E-state index in [1.165, 1.54) is 0 Å². The zero-order valence-electron chi connectivity index (χ0n) is 17.0. The third kappa shape index (κ3) is 4.19. The predicted molar refractivity (Wildman–Crippen MR) is 121 cm³/mol. The van der Waals surface area contributed by atoms with E-state index >= 15 is 0 Å². The highest BCUT2D eigenvalue weighted by Gasteiger charge is 2.24. The average Bonchev–Trinajstić information content (AvgIpc) is 3.04. The van der Waals surface area contributed by atoms with Gasteiger partial charge in [-0.05, 0) is 44.1 Å². The van der Waals surface area contributed by atoms with Gasteiger partial charge in [0.25, 0.3) is 0 Å². The Balaban J connectivity index is 1.81. The van der Waals surface area contributed by atoms with Crippen molar-refractivity contribution in [2.45, 2.75) is 39.8 Å². The maximum Gasteiger partial charge on any atom is 0.159 e. The predicted octanol–water partition coefficient (Wildman–Crippen LogP) is 5.00. The highest BCUT2D eigenvalue weighted by atomic mass is 79.9. The maximum atomic E-state index is 4.94. The van der Waals surface area contributed by atoms with Gasteiger partial charge in [-0.15, -0.1) is 10.2 Å². The highest BCUT2D eigenvalue weighted by Crippen LogP contribution is 2.29. The van der Waals surface area contributed by atoms with Crippen LogP contribution < -0.4 is 0 Å². The Hall–Kier alpha value is -2.31. The summed E-state index contributed by atoms with van der Waals surface area (Å²) in [5.41, 5.74) is 4.32. The van der Waals surface area contributed by atoms with Gasteiger partial charge in [0.05, 0.1) is 17.9 Å². The summed E-state index contributed by atoms with van der Waals surface area (Å²) in [5.74, 6) is 1.86. The summed E-state index contributed by atoms with van der Waals surface area (Å²) in [6, 6.07) is 16.7. The molecule has 6 heteroatoms. The van der Waals surface area contributed by atoms with Gasteiger partial charge < -0.3 is 0 Å². The standard InChI is InChI=1S/C23H26BrN5/c1-3-12-28(13-4-2)16-22-27-26-21-15-25-23(17-8-6-5-7-9-17)19-11-10-18(24)14-20(19)29(21)22/h5-11,14H,3-4,12-13,15-16H2,1-2H3. The van der Waals surface area contributed by atoms with Gasteiger partial charge in [-0.1, -0.05) is 60.1 Å². The molecule has 0 N–H and O–H groups in total. The molecule has 2 aromatic carbocycles. The molecule has 0 amide bonds. The Labute approximate surface area is 180 Å². The zero-order chi connectivity index (χ0) is 20.2. The first kappa shape index (κ1) is 20.0. The third-order valence-corrected chi connectivity index (χ3v) is 5.62. The number of nitrogens with zero attached hydrogens (tertiary/aromatic N) is 5. The van der Waals surface area contributed by atoms with Crippen LogP contribution >= 0.6 is 15.9 Å². The van der Waals surface area contributed by atoms with Crippen LogP contribution in [0.25, 0.3) is 5.69 Å². The first-order valence-electron chi connectivity index (χ1n) is 10.3. The fraction of sp³-hybridized carbons (Fsp3) is 0.348. The van der Waals surface area contributed by atoms with Crippen molar-refractivity contribution in [3.05, 3.63) is 75.8 Å². The number of rotatable bonds is 7. The highest BCUT2D eigenvalue weighted by molar-refractivity contribution is 9.10. The quantitative estimate of drug-likeness (QED) is 0.507. The van der Waals surface area contributed by atoms with E-state index in [0.29, 0.717) is 6.54 Å². The van der Waals surface area contributed by atoms with Crippen LogP contribution in [-0.4, -0.2) is 38.5 Å². The van der Waals surface area contributed by atoms with Gasteiger partial charge >= 0.3 is 0 Å². The van der Waals surface area contributed by atoms with Gasteiger partial charge in [-0.25, -0.2) is 0 Å². The van der Waals surface area contributed by atoms with Crippen LogP contribution in [0.4, 0.5) is 0 Å². The Bertz CT molecular complexity index is 1000. The Morgan fingerprint density at radius 1 is 1.00 bits per heavy atom. The molecule has 1 aliphatic heterocycles. The van der Waals surface area contributed by atoms with E-state index < -0.39 is 0 Å². The summed E-state index contributed by atoms with van der Waals surface area (Å²) in [5, 5.41) is 9.07. The lowest BCUT2D eigenvalue weighted by Gasteiger charge is -2.21. The van der Waals surface area contributed by atoms with Crippen LogP contribution in [0.2, 0.25) is 0 Å². The number of fused-ring (bicyclic) bond motifs is 3. The van der Waals surface area contributed by atoms with Crippen LogP contribution in [-0.2, 0) is 13.1 Å². The van der Waals surface area contributed by atoms with E-state index in [0.717, 1.165) is 71.1 Å². The SMILES string of the molecule is CCCN(CCC)Cc1nnc2n1-c1cc(Br)ccc1C(c1ccccc1)=NC2. The molecule has 0 saturated carbocycles. The molecule has 29 heavy (non-hydrogen) atoms. The molecule has 4 rings (SSSR count). The largest absolute Gasteiger partial charge is 0.296 e. The van der Waals surface area contributed by atoms with Crippen LogP contribution in [0.1, 0.15) is 49.5 Å². The first-order valence-corrected chi connectivity index (χ1v) is 11.1. The number of halogens is 1. The number of aromatic nitrogens is 3. The van der Waals surface area contributed by atoms with Crippen molar-refractivity contribution in [1.29, 1.82) is 0 Å². The Morgan fingerprint density at radius 3 is 2.48 bits per heavy atom. The molecule has 150 valence electrons. The van der Waals surface area contributed by atoms with E-state index in [1.807, 2.05) is 6.07 Å². The smallest absolute Gasteiger partial charge is 0.159 e. The molecule has 0 atom stereocenters. The van der Waals surface area contributed by atoms with Gasteiger partial charge in [0, 0.05) is 15.6 Å². The fourth-order valence-corrected chi connectivity index (χ4v) is 4.26. The van der Waals surface area contributed by atoms with Crippen molar-refractivity contribution in [3.8, 4) is 5.69 Å². The minimum Gasteiger partial charge on any atom is -0.296 e. The second kappa shape index (κ2) is 9.01. The van der Waals surface area contributed by atoms with Crippen LogP contribution in [0, 0.1) is 0 Å². The maximum absolute atomic E-state index is 4.94. The normalized spacial score (nSPS) is 13.0. The minimum absolute atomic E-state index is 0.519. The number of benzene rings is 2. The minimum atomic E-state index is 0.519. The van der Waals surface area contributed by atoms with Crippen LogP contribution in [0.5, 0.6) is 0 Å². The molecular formula is C23H26BrN5. The topological polar surface area (TPSA) is 46.3 Å². The molecule has 0 fully saturated rings. The summed E-state index contributed by atoms with van der Waals surface area (Å²) >= 11 is 3.65. The number of aliphatic imine (C=N–C) groups is 1. The lowest BCUT2D eigenvalue weighted by atomic mass is 10.0. The van der Waals surface area contributed by atoms with E-state index in [9.17, 15) is 0 Å². The van der Waals surface area contributed by atoms with Gasteiger partial charge in [0.2, 0.25) is 0 Å². The van der Waals surface area contributed by atoms with Crippen molar-refractivity contribution in [2.75, 3.05) is 13.1 Å². The molecule has 0 aliphatic carbocycles. The Kier molecular flexibility index (Phi) is 6.21. The monoisotopic (exact) mass is 451 g/mol. The van der Waals surface area contributed by atoms with Crippen molar-refractivity contribution in [3.63, 3.8) is 0 Å². The second-order valence-electron chi connectivity index (χ2n) is 7.34. The van der Waals surface area contributed by atoms with E-state index in [1.54, 1.807) is 0 Å². The molecule has 1 aromatic heterocycles. The summed E-state index contributed by atoms with van der Waals surface area (Å²) < 4.78 is 3.24. The van der Waals surface area contributed by atoms with Crippen molar-refractivity contribution in [2.24, 2.45) is 4.99 Å². The first-order chi connectivity index (χ1) is 14.2. The van der Waals surface area contributed by atoms with Crippen molar-refractivity contribution in [1.82, 2.24) is 19.7 Å². The van der Waals surface area contributed by atoms with Gasteiger partial charge in [-0.3, -0.25) is 14.5 Å². The lowest BCUT2D eigenvalue weighted by Crippen LogP contribution is -2.27. The molecule has 1 aliphatic rings. The third-order valence-electron chi connectivity index (χ3n) is 5.12. The van der Waals surface area contributed by atoms with Crippen molar-refractivity contribution >= 4 is 21.6 Å². The molecule has 0 radical (unpaired) electrons. The molecule has 5 nitrogen and oxygen atoms in total. The molecule has 0 bridgehead atoms. The number of hydrogen-bond donors (Lipinski definition) is 0. The molecule has 0 unspecified atom stereocenters. The van der Waals surface area contributed by atoms with Gasteiger partial charge in [-0.2, -0.15) is 0 Å². The van der Waals surface area contributed by atoms with Gasteiger partial charge in [0.1, 0.15) is 6.54 Å². The Morgan fingerprint density at radius 2 is 1.76 bits per heavy atom. The zero-order valence-corrected chi connectivity index (χ0v) is 18.6. The summed E-state index contributed by atoms with van der Waals surface area (Å²) in [4.78, 5) is 7.39. The van der Waals surface area contributed by atoms with E-state index in [-0.39, 0.29) is 0 Å². The molecular weight excluding hydrogens is 426 g/mol. The molecule has 3 aromatic rings.